The first-order valence-electron chi connectivity index (χ1n) is 4.41. The molecule has 0 heterocycles. The highest BCUT2D eigenvalue weighted by molar-refractivity contribution is 7.99. The van der Waals surface area contributed by atoms with Crippen LogP contribution in [0.4, 0.5) is 0 Å². The maximum absolute atomic E-state index is 10.8. The van der Waals surface area contributed by atoms with E-state index in [1.807, 2.05) is 0 Å². The van der Waals surface area contributed by atoms with Gasteiger partial charge in [0.25, 0.3) is 0 Å². The van der Waals surface area contributed by atoms with Crippen LogP contribution >= 0.6 is 35.0 Å². The summed E-state index contributed by atoms with van der Waals surface area (Å²) in [6.45, 7) is 0.367. The van der Waals surface area contributed by atoms with Crippen molar-refractivity contribution in [1.29, 1.82) is 0 Å². The highest BCUT2D eigenvalue weighted by Crippen LogP contribution is 2.29. The standard InChI is InChI=1S/C9H11Cl2NO2S2/c1-16(13,14)12-4-5-15-9-6-7(10)2-3-8(9)11/h2-3,6,12H,4-5H2,1H3. The molecule has 0 radical (unpaired) electrons. The molecule has 16 heavy (non-hydrogen) atoms. The van der Waals surface area contributed by atoms with Crippen LogP contribution in [-0.2, 0) is 10.0 Å². The van der Waals surface area contributed by atoms with Gasteiger partial charge in [0, 0.05) is 22.2 Å². The molecule has 0 aromatic heterocycles. The maximum Gasteiger partial charge on any atom is 0.208 e. The lowest BCUT2D eigenvalue weighted by Crippen LogP contribution is -2.24. The van der Waals surface area contributed by atoms with Crippen LogP contribution < -0.4 is 4.72 Å². The first-order chi connectivity index (χ1) is 7.38. The third kappa shape index (κ3) is 5.41. The predicted molar refractivity (Wildman–Crippen MR) is 70.0 cm³/mol. The van der Waals surface area contributed by atoms with Crippen LogP contribution in [-0.4, -0.2) is 27.0 Å². The van der Waals surface area contributed by atoms with E-state index in [2.05, 4.69) is 4.72 Å². The Kier molecular flexibility index (Phi) is 5.40. The Morgan fingerprint density at radius 3 is 2.69 bits per heavy atom. The third-order valence-electron chi connectivity index (χ3n) is 1.62. The Morgan fingerprint density at radius 1 is 1.38 bits per heavy atom. The molecule has 0 aliphatic heterocycles. The quantitative estimate of drug-likeness (QED) is 0.671. The molecule has 3 nitrogen and oxygen atoms in total. The van der Waals surface area contributed by atoms with Gasteiger partial charge < -0.3 is 0 Å². The van der Waals surface area contributed by atoms with Crippen molar-refractivity contribution in [2.24, 2.45) is 0 Å². The number of sulfonamides is 1. The molecule has 1 aromatic rings. The molecule has 0 bridgehead atoms. The minimum Gasteiger partial charge on any atom is -0.215 e. The molecular weight excluding hydrogens is 289 g/mol. The van der Waals surface area contributed by atoms with Crippen molar-refractivity contribution in [3.8, 4) is 0 Å². The lowest BCUT2D eigenvalue weighted by atomic mass is 10.4. The summed E-state index contributed by atoms with van der Waals surface area (Å²) in [5, 5.41) is 1.23. The largest absolute Gasteiger partial charge is 0.215 e. The van der Waals surface area contributed by atoms with Gasteiger partial charge in [0.05, 0.1) is 11.3 Å². The SMILES string of the molecule is CS(=O)(=O)NCCSc1cc(Cl)ccc1Cl. The van der Waals surface area contributed by atoms with E-state index in [0.717, 1.165) is 11.2 Å². The van der Waals surface area contributed by atoms with Crippen LogP contribution in [0.25, 0.3) is 0 Å². The molecule has 1 aromatic carbocycles. The molecule has 1 N–H and O–H groups in total. The summed E-state index contributed by atoms with van der Waals surface area (Å²) in [5.41, 5.74) is 0. The minimum atomic E-state index is -3.12. The summed E-state index contributed by atoms with van der Waals surface area (Å²) in [7, 11) is -3.12. The van der Waals surface area contributed by atoms with Gasteiger partial charge in [-0.1, -0.05) is 23.2 Å². The van der Waals surface area contributed by atoms with Gasteiger partial charge in [-0.25, -0.2) is 13.1 Å². The second-order valence-electron chi connectivity index (χ2n) is 3.09. The number of benzene rings is 1. The maximum atomic E-state index is 10.8. The lowest BCUT2D eigenvalue weighted by Gasteiger charge is -2.05. The Balaban J connectivity index is 2.46. The first-order valence-corrected chi connectivity index (χ1v) is 8.04. The molecule has 0 fully saturated rings. The van der Waals surface area contributed by atoms with Gasteiger partial charge in [0.2, 0.25) is 10.0 Å². The zero-order chi connectivity index (χ0) is 12.2. The van der Waals surface area contributed by atoms with Crippen LogP contribution in [0.2, 0.25) is 10.0 Å². The van der Waals surface area contributed by atoms with Gasteiger partial charge in [-0.05, 0) is 18.2 Å². The molecule has 1 rings (SSSR count). The van der Waals surface area contributed by atoms with Crippen LogP contribution in [0.15, 0.2) is 23.1 Å². The number of halogens is 2. The van der Waals surface area contributed by atoms with E-state index in [0.29, 0.717) is 22.3 Å². The minimum absolute atomic E-state index is 0.367. The summed E-state index contributed by atoms with van der Waals surface area (Å²) in [4.78, 5) is 0.851. The summed E-state index contributed by atoms with van der Waals surface area (Å²) in [6.07, 6.45) is 1.13. The molecule has 0 amide bonds. The second-order valence-corrected chi connectivity index (χ2v) is 6.90. The number of thioether (sulfide) groups is 1. The number of hydrogen-bond donors (Lipinski definition) is 1. The van der Waals surface area contributed by atoms with E-state index >= 15 is 0 Å². The topological polar surface area (TPSA) is 46.2 Å². The molecular formula is C9H11Cl2NO2S2. The summed E-state index contributed by atoms with van der Waals surface area (Å²) in [6, 6.07) is 5.19. The average molecular weight is 300 g/mol. The van der Waals surface area contributed by atoms with Gasteiger partial charge in [-0.3, -0.25) is 0 Å². The van der Waals surface area contributed by atoms with Gasteiger partial charge in [-0.15, -0.1) is 11.8 Å². The molecule has 0 saturated heterocycles. The highest BCUT2D eigenvalue weighted by Gasteiger charge is 2.03. The van der Waals surface area contributed by atoms with Gasteiger partial charge in [0.15, 0.2) is 0 Å². The molecule has 0 saturated carbocycles. The zero-order valence-corrected chi connectivity index (χ0v) is 11.7. The Morgan fingerprint density at radius 2 is 2.06 bits per heavy atom. The Hall–Kier alpha value is 0.0600. The lowest BCUT2D eigenvalue weighted by molar-refractivity contribution is 0.590. The molecule has 0 atom stereocenters. The number of hydrogen-bond acceptors (Lipinski definition) is 3. The van der Waals surface area contributed by atoms with Crippen molar-refractivity contribution in [3.05, 3.63) is 28.2 Å². The van der Waals surface area contributed by atoms with Crippen LogP contribution in [0, 0.1) is 0 Å². The van der Waals surface area contributed by atoms with Crippen LogP contribution in [0.5, 0.6) is 0 Å². The average Bonchev–Trinajstić information content (AvgIpc) is 2.16. The van der Waals surface area contributed by atoms with Crippen molar-refractivity contribution >= 4 is 45.0 Å². The Bertz CT molecular complexity index is 463. The summed E-state index contributed by atoms with van der Waals surface area (Å²) >= 11 is 13.2. The van der Waals surface area contributed by atoms with E-state index in [-0.39, 0.29) is 0 Å². The molecule has 0 aliphatic rings. The van der Waals surface area contributed by atoms with E-state index in [9.17, 15) is 8.42 Å². The first kappa shape index (κ1) is 14.1. The molecule has 7 heteroatoms. The summed E-state index contributed by atoms with van der Waals surface area (Å²) < 4.78 is 24.0. The van der Waals surface area contributed by atoms with Crippen molar-refractivity contribution in [3.63, 3.8) is 0 Å². The fourth-order valence-electron chi connectivity index (χ4n) is 0.976. The highest BCUT2D eigenvalue weighted by atomic mass is 35.5. The fourth-order valence-corrected chi connectivity index (χ4v) is 2.94. The van der Waals surface area contributed by atoms with Crippen LogP contribution in [0.1, 0.15) is 0 Å². The third-order valence-corrected chi connectivity index (χ3v) is 4.08. The van der Waals surface area contributed by atoms with Crippen molar-refractivity contribution in [1.82, 2.24) is 4.72 Å². The van der Waals surface area contributed by atoms with Gasteiger partial charge in [0.1, 0.15) is 0 Å². The van der Waals surface area contributed by atoms with Crippen LogP contribution in [0.3, 0.4) is 0 Å². The molecule has 90 valence electrons. The van der Waals surface area contributed by atoms with E-state index in [1.165, 1.54) is 11.8 Å². The van der Waals surface area contributed by atoms with E-state index in [4.69, 9.17) is 23.2 Å². The zero-order valence-electron chi connectivity index (χ0n) is 8.54. The van der Waals surface area contributed by atoms with Crippen molar-refractivity contribution in [2.45, 2.75) is 4.90 Å². The molecule has 0 unspecified atom stereocenters. The second kappa shape index (κ2) is 6.12. The fraction of sp³-hybridized carbons (Fsp3) is 0.333. The van der Waals surface area contributed by atoms with Gasteiger partial charge >= 0.3 is 0 Å². The molecule has 0 spiro atoms. The van der Waals surface area contributed by atoms with E-state index < -0.39 is 10.0 Å². The van der Waals surface area contributed by atoms with Crippen molar-refractivity contribution in [2.75, 3.05) is 18.6 Å². The van der Waals surface area contributed by atoms with E-state index in [1.54, 1.807) is 18.2 Å². The van der Waals surface area contributed by atoms with Crippen molar-refractivity contribution < 1.29 is 8.42 Å². The number of nitrogens with one attached hydrogen (secondary N) is 1. The predicted octanol–water partition coefficient (Wildman–Crippen LogP) is 2.63. The smallest absolute Gasteiger partial charge is 0.208 e. The summed E-state index contributed by atoms with van der Waals surface area (Å²) in [5.74, 6) is 0.604. The number of rotatable bonds is 5. The molecule has 0 aliphatic carbocycles. The monoisotopic (exact) mass is 299 g/mol. The normalized spacial score (nSPS) is 11.7. The Labute approximate surface area is 110 Å². The van der Waals surface area contributed by atoms with Gasteiger partial charge in [-0.2, -0.15) is 0 Å².